The molecular formula is C15H28N4O. The summed E-state index contributed by atoms with van der Waals surface area (Å²) in [5, 5.41) is 4.13. The van der Waals surface area contributed by atoms with Crippen molar-refractivity contribution < 1.29 is 4.52 Å². The predicted molar refractivity (Wildman–Crippen MR) is 79.5 cm³/mol. The zero-order chi connectivity index (χ0) is 14.9. The van der Waals surface area contributed by atoms with Gasteiger partial charge in [0.2, 0.25) is 5.89 Å². The van der Waals surface area contributed by atoms with Gasteiger partial charge in [-0.1, -0.05) is 25.9 Å². The molecule has 2 rings (SSSR count). The van der Waals surface area contributed by atoms with E-state index in [1.165, 1.54) is 0 Å². The highest BCUT2D eigenvalue weighted by atomic mass is 16.5. The quantitative estimate of drug-likeness (QED) is 0.914. The minimum Gasteiger partial charge on any atom is -0.339 e. The monoisotopic (exact) mass is 280 g/mol. The van der Waals surface area contributed by atoms with Gasteiger partial charge in [0, 0.05) is 24.9 Å². The maximum Gasteiger partial charge on any atom is 0.230 e. The maximum atomic E-state index is 6.21. The molecule has 3 atom stereocenters. The first kappa shape index (κ1) is 15.4. The summed E-state index contributed by atoms with van der Waals surface area (Å²) in [5.41, 5.74) is 6.31. The number of aromatic nitrogens is 2. The van der Waals surface area contributed by atoms with Crippen LogP contribution in [0.5, 0.6) is 0 Å². The van der Waals surface area contributed by atoms with E-state index in [1.54, 1.807) is 0 Å². The molecule has 1 aliphatic rings. The first-order chi connectivity index (χ1) is 9.32. The second-order valence-electron chi connectivity index (χ2n) is 7.01. The minimum absolute atomic E-state index is 0.100. The Morgan fingerprint density at radius 3 is 2.70 bits per heavy atom. The summed E-state index contributed by atoms with van der Waals surface area (Å²) in [6, 6.07) is 0.275. The molecule has 1 aliphatic carbocycles. The van der Waals surface area contributed by atoms with Gasteiger partial charge in [0.05, 0.1) is 0 Å². The van der Waals surface area contributed by atoms with E-state index in [-0.39, 0.29) is 11.5 Å². The fraction of sp³-hybridized carbons (Fsp3) is 0.867. The first-order valence-electron chi connectivity index (χ1n) is 7.55. The van der Waals surface area contributed by atoms with E-state index in [0.29, 0.717) is 11.8 Å². The maximum absolute atomic E-state index is 6.21. The van der Waals surface area contributed by atoms with E-state index < -0.39 is 0 Å². The largest absolute Gasteiger partial charge is 0.339 e. The Bertz CT molecular complexity index is 441. The minimum atomic E-state index is 0.100. The number of hydrogen-bond donors (Lipinski definition) is 1. The predicted octanol–water partition coefficient (Wildman–Crippen LogP) is 2.04. The smallest absolute Gasteiger partial charge is 0.230 e. The Kier molecular flexibility index (Phi) is 4.49. The van der Waals surface area contributed by atoms with Gasteiger partial charge in [-0.3, -0.25) is 0 Å². The lowest BCUT2D eigenvalue weighted by Crippen LogP contribution is -2.45. The molecule has 0 aromatic carbocycles. The van der Waals surface area contributed by atoms with Crippen molar-refractivity contribution in [3.05, 3.63) is 11.7 Å². The molecule has 1 saturated carbocycles. The average Bonchev–Trinajstić information content (AvgIpc) is 2.82. The Hall–Kier alpha value is -0.940. The molecule has 1 aromatic heterocycles. The standard InChI is InChI=1S/C15H28N4O/c1-10-12(16)7-6-11(15(10,2)3)14-17-13(18-20-14)8-9-19(4)5/h10-12H,6-9,16H2,1-5H3. The van der Waals surface area contributed by atoms with Gasteiger partial charge in [-0.15, -0.1) is 0 Å². The molecule has 0 spiro atoms. The van der Waals surface area contributed by atoms with Crippen molar-refractivity contribution in [2.45, 2.75) is 52.0 Å². The third-order valence-electron chi connectivity index (χ3n) is 5.07. The van der Waals surface area contributed by atoms with Gasteiger partial charge in [-0.05, 0) is 38.3 Å². The highest BCUT2D eigenvalue weighted by Gasteiger charge is 2.44. The van der Waals surface area contributed by atoms with E-state index >= 15 is 0 Å². The third kappa shape index (κ3) is 3.04. The van der Waals surface area contributed by atoms with Crippen molar-refractivity contribution in [1.29, 1.82) is 0 Å². The molecule has 2 N–H and O–H groups in total. The molecule has 1 aromatic rings. The Morgan fingerprint density at radius 1 is 1.35 bits per heavy atom. The van der Waals surface area contributed by atoms with Crippen molar-refractivity contribution in [1.82, 2.24) is 15.0 Å². The van der Waals surface area contributed by atoms with Crippen LogP contribution in [0.4, 0.5) is 0 Å². The summed E-state index contributed by atoms with van der Waals surface area (Å²) in [5.74, 6) is 2.38. The SMILES string of the molecule is CC1C(N)CCC(c2nc(CCN(C)C)no2)C1(C)C. The van der Waals surface area contributed by atoms with Gasteiger partial charge in [-0.2, -0.15) is 4.98 Å². The van der Waals surface area contributed by atoms with Crippen LogP contribution in [-0.2, 0) is 6.42 Å². The van der Waals surface area contributed by atoms with E-state index in [1.807, 2.05) is 14.1 Å². The second kappa shape index (κ2) is 5.82. The van der Waals surface area contributed by atoms with Gasteiger partial charge in [0.25, 0.3) is 0 Å². The number of hydrogen-bond acceptors (Lipinski definition) is 5. The van der Waals surface area contributed by atoms with Crippen molar-refractivity contribution in [2.75, 3.05) is 20.6 Å². The summed E-state index contributed by atoms with van der Waals surface area (Å²) in [4.78, 5) is 6.74. The van der Waals surface area contributed by atoms with Crippen LogP contribution in [0.15, 0.2) is 4.52 Å². The van der Waals surface area contributed by atoms with Gasteiger partial charge >= 0.3 is 0 Å². The van der Waals surface area contributed by atoms with Crippen LogP contribution < -0.4 is 5.73 Å². The molecule has 1 heterocycles. The normalized spacial score (nSPS) is 29.9. The number of nitrogens with zero attached hydrogens (tertiary/aromatic N) is 3. The molecule has 5 nitrogen and oxygen atoms in total. The molecule has 0 aliphatic heterocycles. The lowest BCUT2D eigenvalue weighted by molar-refractivity contribution is 0.0806. The van der Waals surface area contributed by atoms with E-state index in [9.17, 15) is 0 Å². The Labute approximate surface area is 121 Å². The topological polar surface area (TPSA) is 68.2 Å². The molecule has 0 radical (unpaired) electrons. The highest BCUT2D eigenvalue weighted by Crippen LogP contribution is 2.49. The zero-order valence-electron chi connectivity index (χ0n) is 13.4. The molecule has 0 saturated heterocycles. The summed E-state index contributed by atoms with van der Waals surface area (Å²) >= 11 is 0. The summed E-state index contributed by atoms with van der Waals surface area (Å²) in [6.07, 6.45) is 2.90. The number of nitrogens with two attached hydrogens (primary N) is 1. The second-order valence-corrected chi connectivity index (χ2v) is 7.01. The average molecular weight is 280 g/mol. The molecule has 3 unspecified atom stereocenters. The Morgan fingerprint density at radius 2 is 2.05 bits per heavy atom. The van der Waals surface area contributed by atoms with Gasteiger partial charge in [0.1, 0.15) is 0 Å². The van der Waals surface area contributed by atoms with E-state index in [0.717, 1.165) is 37.5 Å². The molecule has 114 valence electrons. The van der Waals surface area contributed by atoms with Crippen LogP contribution in [0.3, 0.4) is 0 Å². The summed E-state index contributed by atoms with van der Waals surface area (Å²) in [7, 11) is 4.10. The van der Waals surface area contributed by atoms with Crippen LogP contribution in [0.2, 0.25) is 0 Å². The number of likely N-dealkylation sites (N-methyl/N-ethyl adjacent to an activating group) is 1. The number of rotatable bonds is 4. The van der Waals surface area contributed by atoms with Crippen molar-refractivity contribution in [2.24, 2.45) is 17.1 Å². The van der Waals surface area contributed by atoms with Gasteiger partial charge in [0.15, 0.2) is 5.82 Å². The molecule has 1 fully saturated rings. The van der Waals surface area contributed by atoms with Crippen LogP contribution in [0.25, 0.3) is 0 Å². The molecule has 0 bridgehead atoms. The molecular weight excluding hydrogens is 252 g/mol. The van der Waals surface area contributed by atoms with Gasteiger partial charge in [-0.25, -0.2) is 0 Å². The van der Waals surface area contributed by atoms with Crippen LogP contribution >= 0.6 is 0 Å². The Balaban J connectivity index is 2.11. The van der Waals surface area contributed by atoms with Gasteiger partial charge < -0.3 is 15.2 Å². The first-order valence-corrected chi connectivity index (χ1v) is 7.55. The van der Waals surface area contributed by atoms with E-state index in [2.05, 4.69) is 35.8 Å². The lowest BCUT2D eigenvalue weighted by atomic mass is 9.61. The van der Waals surface area contributed by atoms with Crippen LogP contribution in [-0.4, -0.2) is 41.7 Å². The van der Waals surface area contributed by atoms with Crippen molar-refractivity contribution >= 4 is 0 Å². The summed E-state index contributed by atoms with van der Waals surface area (Å²) in [6.45, 7) is 7.71. The fourth-order valence-electron chi connectivity index (χ4n) is 3.13. The lowest BCUT2D eigenvalue weighted by Gasteiger charge is -2.45. The molecule has 5 heteroatoms. The molecule has 20 heavy (non-hydrogen) atoms. The van der Waals surface area contributed by atoms with Crippen LogP contribution in [0, 0.1) is 11.3 Å². The molecule has 0 amide bonds. The van der Waals surface area contributed by atoms with Crippen molar-refractivity contribution in [3.63, 3.8) is 0 Å². The van der Waals surface area contributed by atoms with E-state index in [4.69, 9.17) is 10.3 Å². The highest BCUT2D eigenvalue weighted by molar-refractivity contribution is 5.06. The summed E-state index contributed by atoms with van der Waals surface area (Å²) < 4.78 is 5.54. The van der Waals surface area contributed by atoms with Crippen LogP contribution in [0.1, 0.15) is 51.2 Å². The third-order valence-corrected chi connectivity index (χ3v) is 5.07. The zero-order valence-corrected chi connectivity index (χ0v) is 13.4. The fourth-order valence-corrected chi connectivity index (χ4v) is 3.13. The van der Waals surface area contributed by atoms with Crippen molar-refractivity contribution in [3.8, 4) is 0 Å².